The van der Waals surface area contributed by atoms with Gasteiger partial charge in [-0.3, -0.25) is 9.59 Å². The van der Waals surface area contributed by atoms with Gasteiger partial charge in [-0.25, -0.2) is 9.67 Å². The van der Waals surface area contributed by atoms with E-state index in [1.807, 2.05) is 0 Å². The lowest BCUT2D eigenvalue weighted by atomic mass is 10.2. The van der Waals surface area contributed by atoms with Gasteiger partial charge in [0.2, 0.25) is 5.88 Å². The summed E-state index contributed by atoms with van der Waals surface area (Å²) in [6.45, 7) is 0.451. The van der Waals surface area contributed by atoms with Gasteiger partial charge in [-0.05, 0) is 30.3 Å². The van der Waals surface area contributed by atoms with E-state index in [-0.39, 0.29) is 30.4 Å². The molecule has 0 aliphatic heterocycles. The minimum Gasteiger partial charge on any atom is -0.480 e. The van der Waals surface area contributed by atoms with Crippen LogP contribution in [0.15, 0.2) is 58.1 Å². The average Bonchev–Trinajstić information content (AvgIpc) is 3.17. The van der Waals surface area contributed by atoms with Crippen LogP contribution in [0.3, 0.4) is 0 Å². The van der Waals surface area contributed by atoms with E-state index >= 15 is 0 Å². The van der Waals surface area contributed by atoms with Crippen LogP contribution in [0.1, 0.15) is 10.4 Å². The number of carbonyl (C=O) groups is 1. The van der Waals surface area contributed by atoms with Crippen LogP contribution in [0.4, 0.5) is 0 Å². The first-order valence-corrected chi connectivity index (χ1v) is 7.58. The molecule has 0 unspecified atom stereocenters. The van der Waals surface area contributed by atoms with Gasteiger partial charge < -0.3 is 14.5 Å². The van der Waals surface area contributed by atoms with E-state index in [1.54, 1.807) is 36.5 Å². The van der Waals surface area contributed by atoms with Crippen molar-refractivity contribution in [1.29, 1.82) is 0 Å². The van der Waals surface area contributed by atoms with Gasteiger partial charge in [-0.15, -0.1) is 0 Å². The second kappa shape index (κ2) is 7.43. The molecule has 0 aliphatic rings. The molecule has 0 saturated heterocycles. The van der Waals surface area contributed by atoms with E-state index in [0.717, 1.165) is 0 Å². The third kappa shape index (κ3) is 3.74. The van der Waals surface area contributed by atoms with Gasteiger partial charge in [-0.2, -0.15) is 5.10 Å². The minimum atomic E-state index is -0.333. The number of pyridine rings is 1. The Morgan fingerprint density at radius 1 is 1.28 bits per heavy atom. The maximum Gasteiger partial charge on any atom is 0.266 e. The van der Waals surface area contributed by atoms with Gasteiger partial charge in [0, 0.05) is 18.8 Å². The number of methoxy groups -OCH3 is 1. The molecule has 8 nitrogen and oxygen atoms in total. The van der Waals surface area contributed by atoms with Crippen LogP contribution in [0.25, 0.3) is 11.5 Å². The molecule has 8 heteroatoms. The standard InChI is InChI=1S/C17H16N4O4/c1-24-17-12(4-2-8-19-17)16(23)18-9-10-21-15(22)7-6-13(20-21)14-5-3-11-25-14/h2-8,11H,9-10H2,1H3,(H,18,23). The molecule has 0 saturated carbocycles. The SMILES string of the molecule is COc1ncccc1C(=O)NCCn1nc(-c2ccco2)ccc1=O. The molecular formula is C17H16N4O4. The summed E-state index contributed by atoms with van der Waals surface area (Å²) in [5, 5.41) is 6.96. The summed E-state index contributed by atoms with van der Waals surface area (Å²) < 4.78 is 11.6. The molecule has 128 valence electrons. The number of hydrogen-bond acceptors (Lipinski definition) is 6. The van der Waals surface area contributed by atoms with Gasteiger partial charge in [0.25, 0.3) is 11.5 Å². The van der Waals surface area contributed by atoms with Crippen LogP contribution < -0.4 is 15.6 Å². The van der Waals surface area contributed by atoms with Gasteiger partial charge in [0.15, 0.2) is 5.76 Å². The zero-order valence-corrected chi connectivity index (χ0v) is 13.5. The fourth-order valence-electron chi connectivity index (χ4n) is 2.26. The van der Waals surface area contributed by atoms with E-state index in [4.69, 9.17) is 9.15 Å². The number of nitrogens with one attached hydrogen (secondary N) is 1. The first-order chi connectivity index (χ1) is 12.2. The molecule has 3 aromatic heterocycles. The van der Waals surface area contributed by atoms with Crippen molar-refractivity contribution in [3.05, 3.63) is 64.8 Å². The quantitative estimate of drug-likeness (QED) is 0.727. The van der Waals surface area contributed by atoms with E-state index in [1.165, 1.54) is 24.1 Å². The van der Waals surface area contributed by atoms with Crippen molar-refractivity contribution in [2.24, 2.45) is 0 Å². The molecule has 0 spiro atoms. The first kappa shape index (κ1) is 16.4. The Bertz CT molecular complexity index is 918. The summed E-state index contributed by atoms with van der Waals surface area (Å²) in [5.41, 5.74) is 0.614. The Hall–Kier alpha value is -3.42. The van der Waals surface area contributed by atoms with Crippen LogP contribution in [0.2, 0.25) is 0 Å². The topological polar surface area (TPSA) is 99.2 Å². The normalized spacial score (nSPS) is 10.4. The molecule has 25 heavy (non-hydrogen) atoms. The van der Waals surface area contributed by atoms with Gasteiger partial charge in [-0.1, -0.05) is 0 Å². The summed E-state index contributed by atoms with van der Waals surface area (Å²) in [4.78, 5) is 28.1. The van der Waals surface area contributed by atoms with E-state index in [9.17, 15) is 9.59 Å². The van der Waals surface area contributed by atoms with E-state index in [0.29, 0.717) is 17.0 Å². The molecule has 1 amide bonds. The molecular weight excluding hydrogens is 324 g/mol. The van der Waals surface area contributed by atoms with Crippen LogP contribution in [-0.2, 0) is 6.54 Å². The summed E-state index contributed by atoms with van der Waals surface area (Å²) >= 11 is 0. The number of carbonyl (C=O) groups excluding carboxylic acids is 1. The summed E-state index contributed by atoms with van der Waals surface area (Å²) in [6.07, 6.45) is 3.08. The molecule has 1 N–H and O–H groups in total. The lowest BCUT2D eigenvalue weighted by Crippen LogP contribution is -2.32. The summed E-state index contributed by atoms with van der Waals surface area (Å²) in [7, 11) is 1.45. The molecule has 0 aliphatic carbocycles. The number of aromatic nitrogens is 3. The Kier molecular flexibility index (Phi) is 4.89. The van der Waals surface area contributed by atoms with Crippen molar-refractivity contribution in [2.75, 3.05) is 13.7 Å². The second-order valence-electron chi connectivity index (χ2n) is 5.07. The monoisotopic (exact) mass is 340 g/mol. The molecule has 3 rings (SSSR count). The molecule has 3 aromatic rings. The smallest absolute Gasteiger partial charge is 0.266 e. The second-order valence-corrected chi connectivity index (χ2v) is 5.07. The predicted octanol–water partition coefficient (Wildman–Crippen LogP) is 1.34. The molecule has 0 bridgehead atoms. The van der Waals surface area contributed by atoms with Crippen molar-refractivity contribution in [1.82, 2.24) is 20.1 Å². The van der Waals surface area contributed by atoms with Crippen molar-refractivity contribution in [2.45, 2.75) is 6.54 Å². The molecule has 0 fully saturated rings. The van der Waals surface area contributed by atoms with E-state index < -0.39 is 0 Å². The number of rotatable bonds is 6. The molecule has 0 radical (unpaired) electrons. The maximum absolute atomic E-state index is 12.2. The lowest BCUT2D eigenvalue weighted by Gasteiger charge is -2.09. The van der Waals surface area contributed by atoms with Crippen LogP contribution in [0.5, 0.6) is 5.88 Å². The zero-order chi connectivity index (χ0) is 17.6. The average molecular weight is 340 g/mol. The van der Waals surface area contributed by atoms with Crippen LogP contribution >= 0.6 is 0 Å². The fourth-order valence-corrected chi connectivity index (χ4v) is 2.26. The summed E-state index contributed by atoms with van der Waals surface area (Å²) in [5.74, 6) is 0.480. The van der Waals surface area contributed by atoms with Gasteiger partial charge in [0.1, 0.15) is 11.3 Å². The Balaban J connectivity index is 1.67. The van der Waals surface area contributed by atoms with Gasteiger partial charge in [0.05, 0.1) is 19.9 Å². The first-order valence-electron chi connectivity index (χ1n) is 7.58. The fraction of sp³-hybridized carbons (Fsp3) is 0.176. The zero-order valence-electron chi connectivity index (χ0n) is 13.5. The Labute approximate surface area is 143 Å². The minimum absolute atomic E-state index is 0.224. The number of furan rings is 1. The third-order valence-electron chi connectivity index (χ3n) is 3.46. The Morgan fingerprint density at radius 2 is 2.16 bits per heavy atom. The highest BCUT2D eigenvalue weighted by atomic mass is 16.5. The summed E-state index contributed by atoms with van der Waals surface area (Å²) in [6, 6.07) is 9.77. The van der Waals surface area contributed by atoms with E-state index in [2.05, 4.69) is 15.4 Å². The Morgan fingerprint density at radius 3 is 2.92 bits per heavy atom. The van der Waals surface area contributed by atoms with Crippen LogP contribution in [-0.4, -0.2) is 34.3 Å². The number of hydrogen-bond donors (Lipinski definition) is 1. The number of ether oxygens (including phenoxy) is 1. The van der Waals surface area contributed by atoms with Gasteiger partial charge >= 0.3 is 0 Å². The third-order valence-corrected chi connectivity index (χ3v) is 3.46. The van der Waals surface area contributed by atoms with Crippen molar-refractivity contribution in [3.63, 3.8) is 0 Å². The molecule has 3 heterocycles. The van der Waals surface area contributed by atoms with Crippen molar-refractivity contribution in [3.8, 4) is 17.3 Å². The molecule has 0 atom stereocenters. The predicted molar refractivity (Wildman–Crippen MR) is 89.3 cm³/mol. The molecule has 0 aromatic carbocycles. The maximum atomic E-state index is 12.2. The van der Waals surface area contributed by atoms with Crippen molar-refractivity contribution >= 4 is 5.91 Å². The highest BCUT2D eigenvalue weighted by molar-refractivity contribution is 5.96. The lowest BCUT2D eigenvalue weighted by molar-refractivity contribution is 0.0948. The highest BCUT2D eigenvalue weighted by Gasteiger charge is 2.12. The van der Waals surface area contributed by atoms with Crippen molar-refractivity contribution < 1.29 is 13.9 Å². The number of amides is 1. The van der Waals surface area contributed by atoms with Crippen LogP contribution in [0, 0.1) is 0 Å². The number of nitrogens with zero attached hydrogens (tertiary/aromatic N) is 3. The highest BCUT2D eigenvalue weighted by Crippen LogP contribution is 2.15. The largest absolute Gasteiger partial charge is 0.480 e.